The lowest BCUT2D eigenvalue weighted by Crippen LogP contribution is -2.32. The van der Waals surface area contributed by atoms with Crippen molar-refractivity contribution in [3.05, 3.63) is 29.3 Å². The van der Waals surface area contributed by atoms with Crippen molar-refractivity contribution in [2.45, 2.75) is 20.3 Å². The Morgan fingerprint density at radius 3 is 2.56 bits per heavy atom. The zero-order valence-electron chi connectivity index (χ0n) is 10.6. The average Bonchev–Trinajstić information content (AvgIpc) is 2.32. The summed E-state index contributed by atoms with van der Waals surface area (Å²) >= 11 is 0. The Bertz CT molecular complexity index is 458. The number of carbonyl (C=O) groups excluding carboxylic acids is 1. The molecular formula is C13H18N2O3. The van der Waals surface area contributed by atoms with Crippen molar-refractivity contribution in [1.82, 2.24) is 4.90 Å². The van der Waals surface area contributed by atoms with E-state index in [4.69, 9.17) is 10.8 Å². The first kappa shape index (κ1) is 14.0. The van der Waals surface area contributed by atoms with Gasteiger partial charge in [0.05, 0.1) is 6.42 Å². The van der Waals surface area contributed by atoms with E-state index in [1.54, 1.807) is 18.2 Å². The van der Waals surface area contributed by atoms with Gasteiger partial charge in [-0.1, -0.05) is 6.07 Å². The summed E-state index contributed by atoms with van der Waals surface area (Å²) < 4.78 is 0. The number of hydrogen-bond acceptors (Lipinski definition) is 3. The van der Waals surface area contributed by atoms with Crippen LogP contribution in [0.2, 0.25) is 0 Å². The van der Waals surface area contributed by atoms with Gasteiger partial charge in [-0.25, -0.2) is 0 Å². The first-order valence-corrected chi connectivity index (χ1v) is 5.83. The topological polar surface area (TPSA) is 83.6 Å². The molecule has 0 atom stereocenters. The van der Waals surface area contributed by atoms with Crippen LogP contribution in [0.25, 0.3) is 0 Å². The number of aryl methyl sites for hydroxylation is 1. The molecule has 1 amide bonds. The number of aliphatic carboxylic acids is 1. The Morgan fingerprint density at radius 1 is 1.39 bits per heavy atom. The van der Waals surface area contributed by atoms with Crippen LogP contribution in [-0.2, 0) is 4.79 Å². The average molecular weight is 250 g/mol. The van der Waals surface area contributed by atoms with E-state index in [-0.39, 0.29) is 18.9 Å². The molecule has 0 aliphatic carbocycles. The molecule has 0 spiro atoms. The van der Waals surface area contributed by atoms with Crippen LogP contribution >= 0.6 is 0 Å². The number of amides is 1. The van der Waals surface area contributed by atoms with Crippen molar-refractivity contribution in [3.63, 3.8) is 0 Å². The Morgan fingerprint density at radius 2 is 2.06 bits per heavy atom. The highest BCUT2D eigenvalue weighted by Crippen LogP contribution is 2.14. The van der Waals surface area contributed by atoms with Crippen LogP contribution in [0.4, 0.5) is 5.69 Å². The highest BCUT2D eigenvalue weighted by molar-refractivity contribution is 5.95. The summed E-state index contributed by atoms with van der Waals surface area (Å²) in [5.41, 5.74) is 7.73. The molecule has 18 heavy (non-hydrogen) atoms. The van der Waals surface area contributed by atoms with Gasteiger partial charge in [0, 0.05) is 24.3 Å². The third-order valence-electron chi connectivity index (χ3n) is 2.79. The quantitative estimate of drug-likeness (QED) is 0.776. The van der Waals surface area contributed by atoms with E-state index in [9.17, 15) is 9.59 Å². The first-order valence-electron chi connectivity index (χ1n) is 5.83. The van der Waals surface area contributed by atoms with E-state index in [0.29, 0.717) is 17.8 Å². The lowest BCUT2D eigenvalue weighted by molar-refractivity contribution is -0.137. The second-order valence-electron chi connectivity index (χ2n) is 4.10. The van der Waals surface area contributed by atoms with Crippen LogP contribution < -0.4 is 5.73 Å². The second kappa shape index (κ2) is 6.05. The normalized spacial score (nSPS) is 10.1. The summed E-state index contributed by atoms with van der Waals surface area (Å²) in [5.74, 6) is -1.10. The Hall–Kier alpha value is -2.04. The maximum absolute atomic E-state index is 12.1. The maximum atomic E-state index is 12.1. The molecule has 0 fully saturated rings. The number of benzene rings is 1. The van der Waals surface area contributed by atoms with E-state index in [1.165, 1.54) is 4.90 Å². The number of nitrogens with zero attached hydrogens (tertiary/aromatic N) is 1. The Balaban J connectivity index is 2.82. The van der Waals surface area contributed by atoms with Gasteiger partial charge in [-0.2, -0.15) is 0 Å². The minimum Gasteiger partial charge on any atom is -0.481 e. The third kappa shape index (κ3) is 3.48. The zero-order chi connectivity index (χ0) is 13.7. The third-order valence-corrected chi connectivity index (χ3v) is 2.79. The molecule has 1 rings (SSSR count). The van der Waals surface area contributed by atoms with Crippen molar-refractivity contribution in [3.8, 4) is 0 Å². The Labute approximate surface area is 106 Å². The van der Waals surface area contributed by atoms with Gasteiger partial charge in [0.25, 0.3) is 5.91 Å². The fourth-order valence-electron chi connectivity index (χ4n) is 1.59. The van der Waals surface area contributed by atoms with E-state index >= 15 is 0 Å². The summed E-state index contributed by atoms with van der Waals surface area (Å²) in [5, 5.41) is 8.63. The molecule has 0 unspecified atom stereocenters. The largest absolute Gasteiger partial charge is 0.481 e. The minimum atomic E-state index is -0.912. The Kier molecular flexibility index (Phi) is 4.71. The molecule has 0 bridgehead atoms. The van der Waals surface area contributed by atoms with Gasteiger partial charge in [-0.05, 0) is 31.5 Å². The maximum Gasteiger partial charge on any atom is 0.305 e. The summed E-state index contributed by atoms with van der Waals surface area (Å²) in [6.07, 6.45) is -0.0546. The van der Waals surface area contributed by atoms with Gasteiger partial charge < -0.3 is 15.7 Å². The van der Waals surface area contributed by atoms with Crippen LogP contribution in [0.15, 0.2) is 18.2 Å². The molecule has 1 aromatic rings. The number of anilines is 1. The van der Waals surface area contributed by atoms with Gasteiger partial charge in [-0.15, -0.1) is 0 Å². The fourth-order valence-corrected chi connectivity index (χ4v) is 1.59. The standard InChI is InChI=1S/C13H18N2O3/c1-3-15(7-6-12(16)17)13(18)10-5-4-9(2)11(14)8-10/h4-5,8H,3,6-7,14H2,1-2H3,(H,16,17). The molecule has 0 aliphatic rings. The van der Waals surface area contributed by atoms with Crippen LogP contribution in [-0.4, -0.2) is 35.0 Å². The minimum absolute atomic E-state index is 0.0546. The summed E-state index contributed by atoms with van der Waals surface area (Å²) in [7, 11) is 0. The number of hydrogen-bond donors (Lipinski definition) is 2. The monoisotopic (exact) mass is 250 g/mol. The van der Waals surface area contributed by atoms with Gasteiger partial charge in [0.1, 0.15) is 0 Å². The van der Waals surface area contributed by atoms with Crippen LogP contribution in [0.1, 0.15) is 29.3 Å². The van der Waals surface area contributed by atoms with E-state index in [0.717, 1.165) is 5.56 Å². The zero-order valence-corrected chi connectivity index (χ0v) is 10.6. The van der Waals surface area contributed by atoms with Crippen molar-refractivity contribution in [2.75, 3.05) is 18.8 Å². The van der Waals surface area contributed by atoms with Gasteiger partial charge in [0.2, 0.25) is 0 Å². The van der Waals surface area contributed by atoms with Crippen molar-refractivity contribution >= 4 is 17.6 Å². The number of carboxylic acids is 1. The first-order chi connectivity index (χ1) is 8.45. The molecule has 0 aliphatic heterocycles. The molecule has 5 heteroatoms. The molecule has 98 valence electrons. The molecule has 1 aromatic carbocycles. The SMILES string of the molecule is CCN(CCC(=O)O)C(=O)c1ccc(C)c(N)c1. The molecule has 0 saturated heterocycles. The number of carboxylic acid groups (broad SMARTS) is 1. The van der Waals surface area contributed by atoms with Crippen LogP contribution in [0, 0.1) is 6.92 Å². The van der Waals surface area contributed by atoms with Crippen LogP contribution in [0.3, 0.4) is 0 Å². The molecule has 5 nitrogen and oxygen atoms in total. The summed E-state index contributed by atoms with van der Waals surface area (Å²) in [6, 6.07) is 5.12. The number of nitrogen functional groups attached to an aromatic ring is 1. The van der Waals surface area contributed by atoms with Gasteiger partial charge >= 0.3 is 5.97 Å². The van der Waals surface area contributed by atoms with Gasteiger partial charge in [-0.3, -0.25) is 9.59 Å². The lowest BCUT2D eigenvalue weighted by Gasteiger charge is -2.20. The number of carbonyl (C=O) groups is 2. The lowest BCUT2D eigenvalue weighted by atomic mass is 10.1. The number of nitrogens with two attached hydrogens (primary N) is 1. The molecule has 0 radical (unpaired) electrons. The van der Waals surface area contributed by atoms with E-state index < -0.39 is 5.97 Å². The molecule has 0 aromatic heterocycles. The highest BCUT2D eigenvalue weighted by Gasteiger charge is 2.15. The summed E-state index contributed by atoms with van der Waals surface area (Å²) in [4.78, 5) is 24.1. The predicted molar refractivity (Wildman–Crippen MR) is 69.4 cm³/mol. The summed E-state index contributed by atoms with van der Waals surface area (Å²) in [6.45, 7) is 4.36. The molecular weight excluding hydrogens is 232 g/mol. The second-order valence-corrected chi connectivity index (χ2v) is 4.10. The predicted octanol–water partition coefficient (Wildman–Crippen LogP) is 1.51. The van der Waals surface area contributed by atoms with Crippen molar-refractivity contribution in [2.24, 2.45) is 0 Å². The fraction of sp³-hybridized carbons (Fsp3) is 0.385. The van der Waals surface area contributed by atoms with Crippen molar-refractivity contribution in [1.29, 1.82) is 0 Å². The van der Waals surface area contributed by atoms with E-state index in [2.05, 4.69) is 0 Å². The molecule has 3 N–H and O–H groups in total. The molecule has 0 heterocycles. The molecule has 0 saturated carbocycles. The van der Waals surface area contributed by atoms with E-state index in [1.807, 2.05) is 13.8 Å². The van der Waals surface area contributed by atoms with Crippen molar-refractivity contribution < 1.29 is 14.7 Å². The number of rotatable bonds is 5. The van der Waals surface area contributed by atoms with Gasteiger partial charge in [0.15, 0.2) is 0 Å². The van der Waals surface area contributed by atoms with Crippen LogP contribution in [0.5, 0.6) is 0 Å². The smallest absolute Gasteiger partial charge is 0.305 e. The highest BCUT2D eigenvalue weighted by atomic mass is 16.4.